The van der Waals surface area contributed by atoms with Crippen molar-refractivity contribution in [3.8, 4) is 11.5 Å². The van der Waals surface area contributed by atoms with Gasteiger partial charge in [-0.15, -0.1) is 11.8 Å². The normalized spacial score (nSPS) is 10.7. The number of amides is 1. The van der Waals surface area contributed by atoms with Gasteiger partial charge in [0.2, 0.25) is 5.91 Å². The van der Waals surface area contributed by atoms with Crippen molar-refractivity contribution in [1.82, 2.24) is 5.43 Å². The van der Waals surface area contributed by atoms with Gasteiger partial charge in [-0.3, -0.25) is 14.9 Å². The second kappa shape index (κ2) is 11.7. The summed E-state index contributed by atoms with van der Waals surface area (Å²) in [6.07, 6.45) is 1.54. The molecular weight excluding hydrogens is 394 g/mol. The third-order valence-corrected chi connectivity index (χ3v) is 4.62. The van der Waals surface area contributed by atoms with E-state index in [1.807, 2.05) is 19.9 Å². The zero-order valence-electron chi connectivity index (χ0n) is 16.3. The van der Waals surface area contributed by atoms with E-state index in [1.165, 1.54) is 30.1 Å². The van der Waals surface area contributed by atoms with Gasteiger partial charge in [0.1, 0.15) is 0 Å². The number of thioether (sulfide) groups is 1. The molecule has 0 bridgehead atoms. The third kappa shape index (κ3) is 7.46. The topological polar surface area (TPSA) is 103 Å². The highest BCUT2D eigenvalue weighted by Gasteiger charge is 2.06. The second-order valence-electron chi connectivity index (χ2n) is 5.78. The summed E-state index contributed by atoms with van der Waals surface area (Å²) in [4.78, 5) is 22.1. The lowest BCUT2D eigenvalue weighted by Gasteiger charge is -2.11. The van der Waals surface area contributed by atoms with E-state index in [-0.39, 0.29) is 17.3 Å². The number of rotatable bonds is 11. The molecule has 0 atom stereocenters. The maximum absolute atomic E-state index is 11.9. The molecule has 2 aromatic rings. The first-order valence-electron chi connectivity index (χ1n) is 9.06. The Bertz CT molecular complexity index is 856. The summed E-state index contributed by atoms with van der Waals surface area (Å²) in [6.45, 7) is 4.86. The number of nitrogens with one attached hydrogen (secondary N) is 1. The molecule has 0 aromatic heterocycles. The van der Waals surface area contributed by atoms with Gasteiger partial charge in [-0.25, -0.2) is 5.43 Å². The Morgan fingerprint density at radius 2 is 1.83 bits per heavy atom. The van der Waals surface area contributed by atoms with Crippen molar-refractivity contribution in [3.05, 3.63) is 63.7 Å². The van der Waals surface area contributed by atoms with Crippen molar-refractivity contribution in [2.45, 2.75) is 19.6 Å². The molecule has 29 heavy (non-hydrogen) atoms. The number of nitro benzene ring substituents is 1. The summed E-state index contributed by atoms with van der Waals surface area (Å²) < 4.78 is 11.1. The molecule has 0 saturated heterocycles. The lowest BCUT2D eigenvalue weighted by Crippen LogP contribution is -2.19. The van der Waals surface area contributed by atoms with Crippen LogP contribution >= 0.6 is 11.8 Å². The van der Waals surface area contributed by atoms with Gasteiger partial charge in [0, 0.05) is 17.9 Å². The average molecular weight is 417 g/mol. The first kappa shape index (κ1) is 22.2. The van der Waals surface area contributed by atoms with Crippen LogP contribution in [0.4, 0.5) is 5.69 Å². The van der Waals surface area contributed by atoms with Crippen LogP contribution in [0.2, 0.25) is 0 Å². The molecule has 8 nitrogen and oxygen atoms in total. The highest BCUT2D eigenvalue weighted by atomic mass is 32.2. The fourth-order valence-electron chi connectivity index (χ4n) is 2.33. The molecule has 0 saturated carbocycles. The number of carbonyl (C=O) groups excluding carboxylic acids is 1. The number of nitrogens with zero attached hydrogens (tertiary/aromatic N) is 2. The van der Waals surface area contributed by atoms with Crippen LogP contribution in [0.3, 0.4) is 0 Å². The Morgan fingerprint density at radius 3 is 2.48 bits per heavy atom. The van der Waals surface area contributed by atoms with Gasteiger partial charge in [0.05, 0.1) is 30.1 Å². The van der Waals surface area contributed by atoms with E-state index < -0.39 is 4.92 Å². The van der Waals surface area contributed by atoms with E-state index in [0.29, 0.717) is 30.5 Å². The molecule has 9 heteroatoms. The molecule has 0 aliphatic rings. The van der Waals surface area contributed by atoms with Gasteiger partial charge in [-0.05, 0) is 43.2 Å². The maximum Gasteiger partial charge on any atom is 0.269 e. The van der Waals surface area contributed by atoms with E-state index in [2.05, 4.69) is 10.5 Å². The monoisotopic (exact) mass is 417 g/mol. The van der Waals surface area contributed by atoms with Crippen LogP contribution in [0, 0.1) is 10.1 Å². The minimum Gasteiger partial charge on any atom is -0.490 e. The van der Waals surface area contributed by atoms with Crippen molar-refractivity contribution in [2.24, 2.45) is 5.10 Å². The van der Waals surface area contributed by atoms with Gasteiger partial charge in [-0.1, -0.05) is 12.1 Å². The van der Waals surface area contributed by atoms with Crippen molar-refractivity contribution < 1.29 is 19.2 Å². The minimum atomic E-state index is -0.440. The van der Waals surface area contributed by atoms with Crippen LogP contribution in [-0.4, -0.2) is 36.0 Å². The molecule has 0 aliphatic heterocycles. The summed E-state index contributed by atoms with van der Waals surface area (Å²) in [6, 6.07) is 11.7. The van der Waals surface area contributed by atoms with Crippen LogP contribution in [0.1, 0.15) is 25.0 Å². The molecule has 0 radical (unpaired) electrons. The summed E-state index contributed by atoms with van der Waals surface area (Å²) in [5.74, 6) is 1.86. The van der Waals surface area contributed by atoms with Crippen molar-refractivity contribution in [3.63, 3.8) is 0 Å². The summed E-state index contributed by atoms with van der Waals surface area (Å²) in [5.41, 5.74) is 4.22. The predicted octanol–water partition coefficient (Wildman–Crippen LogP) is 3.78. The number of non-ortho nitro benzene ring substituents is 1. The highest BCUT2D eigenvalue weighted by Crippen LogP contribution is 2.28. The van der Waals surface area contributed by atoms with Gasteiger partial charge in [0.15, 0.2) is 11.5 Å². The Balaban J connectivity index is 1.80. The smallest absolute Gasteiger partial charge is 0.269 e. The van der Waals surface area contributed by atoms with Crippen LogP contribution < -0.4 is 14.9 Å². The summed E-state index contributed by atoms with van der Waals surface area (Å²) in [5, 5.41) is 14.6. The van der Waals surface area contributed by atoms with E-state index in [1.54, 1.807) is 24.3 Å². The molecule has 1 amide bonds. The first-order valence-corrected chi connectivity index (χ1v) is 10.2. The zero-order chi connectivity index (χ0) is 21.1. The van der Waals surface area contributed by atoms with Crippen LogP contribution in [0.5, 0.6) is 11.5 Å². The van der Waals surface area contributed by atoms with E-state index in [9.17, 15) is 14.9 Å². The zero-order valence-corrected chi connectivity index (χ0v) is 17.1. The SMILES string of the molecule is CCOc1ccc(/C=N/NC(=O)CSCc2ccc([N+](=O)[O-])cc2)cc1OCC. The Kier molecular flexibility index (Phi) is 8.97. The van der Waals surface area contributed by atoms with E-state index in [0.717, 1.165) is 11.1 Å². The Labute approximate surface area is 173 Å². The maximum atomic E-state index is 11.9. The van der Waals surface area contributed by atoms with E-state index in [4.69, 9.17) is 9.47 Å². The minimum absolute atomic E-state index is 0.0487. The van der Waals surface area contributed by atoms with Crippen molar-refractivity contribution >= 4 is 29.6 Å². The second-order valence-corrected chi connectivity index (χ2v) is 6.77. The number of hydrogen-bond acceptors (Lipinski definition) is 7. The Morgan fingerprint density at radius 1 is 1.14 bits per heavy atom. The molecule has 0 fully saturated rings. The molecule has 154 valence electrons. The molecule has 0 unspecified atom stereocenters. The molecule has 1 N–H and O–H groups in total. The fourth-order valence-corrected chi connectivity index (χ4v) is 3.11. The molecule has 0 heterocycles. The molecule has 0 aliphatic carbocycles. The van der Waals surface area contributed by atoms with Crippen LogP contribution in [-0.2, 0) is 10.5 Å². The van der Waals surface area contributed by atoms with Crippen molar-refractivity contribution in [1.29, 1.82) is 0 Å². The lowest BCUT2D eigenvalue weighted by atomic mass is 10.2. The fraction of sp³-hybridized carbons (Fsp3) is 0.300. The van der Waals surface area contributed by atoms with E-state index >= 15 is 0 Å². The Hall–Kier alpha value is -3.07. The number of carbonyl (C=O) groups is 1. The van der Waals surface area contributed by atoms with Crippen molar-refractivity contribution in [2.75, 3.05) is 19.0 Å². The van der Waals surface area contributed by atoms with Crippen LogP contribution in [0.25, 0.3) is 0 Å². The average Bonchev–Trinajstić information content (AvgIpc) is 2.70. The molecular formula is C20H23N3O5S. The predicted molar refractivity (Wildman–Crippen MR) is 114 cm³/mol. The standard InChI is InChI=1S/C20H23N3O5S/c1-3-27-18-10-7-16(11-19(18)28-4-2)12-21-22-20(24)14-29-13-15-5-8-17(9-6-15)23(25)26/h5-12H,3-4,13-14H2,1-2H3,(H,22,24)/b21-12+. The van der Waals surface area contributed by atoms with Gasteiger partial charge >= 0.3 is 0 Å². The number of ether oxygens (including phenoxy) is 2. The molecule has 2 rings (SSSR count). The number of benzene rings is 2. The van der Waals surface area contributed by atoms with Gasteiger partial charge in [-0.2, -0.15) is 5.10 Å². The number of hydrazone groups is 1. The largest absolute Gasteiger partial charge is 0.490 e. The quantitative estimate of drug-likeness (QED) is 0.339. The summed E-state index contributed by atoms with van der Waals surface area (Å²) in [7, 11) is 0. The number of nitro groups is 1. The van der Waals surface area contributed by atoms with Gasteiger partial charge in [0.25, 0.3) is 5.69 Å². The molecule has 0 spiro atoms. The third-order valence-electron chi connectivity index (χ3n) is 3.62. The summed E-state index contributed by atoms with van der Waals surface area (Å²) >= 11 is 1.40. The molecule has 2 aromatic carbocycles. The van der Waals surface area contributed by atoms with Gasteiger partial charge < -0.3 is 9.47 Å². The number of hydrogen-bond donors (Lipinski definition) is 1. The van der Waals surface area contributed by atoms with Crippen LogP contribution in [0.15, 0.2) is 47.6 Å². The first-order chi connectivity index (χ1) is 14.0. The lowest BCUT2D eigenvalue weighted by molar-refractivity contribution is -0.384. The highest BCUT2D eigenvalue weighted by molar-refractivity contribution is 7.99.